The summed E-state index contributed by atoms with van der Waals surface area (Å²) in [7, 11) is 1.58. The lowest BCUT2D eigenvalue weighted by Gasteiger charge is -2.33. The van der Waals surface area contributed by atoms with Crippen LogP contribution in [0, 0.1) is 23.7 Å². The highest BCUT2D eigenvalue weighted by Crippen LogP contribution is 2.36. The van der Waals surface area contributed by atoms with Crippen molar-refractivity contribution in [1.29, 1.82) is 0 Å². The predicted molar refractivity (Wildman–Crippen MR) is 113 cm³/mol. The van der Waals surface area contributed by atoms with Crippen LogP contribution in [0.15, 0.2) is 6.07 Å². The summed E-state index contributed by atoms with van der Waals surface area (Å²) < 4.78 is 5.31. The molecule has 0 aliphatic heterocycles. The molecule has 6 heteroatoms. The molecular weight excluding hydrogens is 374 g/mol. The zero-order valence-corrected chi connectivity index (χ0v) is 18.5. The summed E-state index contributed by atoms with van der Waals surface area (Å²) in [6.45, 7) is 9.76. The van der Waals surface area contributed by atoms with E-state index in [9.17, 15) is 14.7 Å². The molecule has 1 amide bonds. The van der Waals surface area contributed by atoms with Gasteiger partial charge < -0.3 is 14.7 Å². The van der Waals surface area contributed by atoms with Crippen LogP contribution in [0.5, 0.6) is 0 Å². The van der Waals surface area contributed by atoms with E-state index in [-0.39, 0.29) is 22.7 Å². The van der Waals surface area contributed by atoms with Crippen molar-refractivity contribution < 1.29 is 19.4 Å². The molecule has 2 rings (SSSR count). The number of rotatable bonds is 5. The summed E-state index contributed by atoms with van der Waals surface area (Å²) in [6.07, 6.45) is 3.82. The van der Waals surface area contributed by atoms with Crippen LogP contribution >= 0.6 is 11.3 Å². The number of hydrogen-bond acceptors (Lipinski definition) is 4. The van der Waals surface area contributed by atoms with E-state index in [2.05, 4.69) is 18.8 Å². The molecule has 1 N–H and O–H groups in total. The summed E-state index contributed by atoms with van der Waals surface area (Å²) in [6, 6.07) is 1.60. The highest BCUT2D eigenvalue weighted by atomic mass is 32.1. The molecule has 1 aromatic rings. The molecule has 0 atom stereocenters. The monoisotopic (exact) mass is 405 g/mol. The Labute approximate surface area is 172 Å². The molecule has 1 aliphatic rings. The fourth-order valence-electron chi connectivity index (χ4n) is 3.39. The van der Waals surface area contributed by atoms with Gasteiger partial charge in [-0.25, -0.2) is 4.79 Å². The number of carboxylic acid groups (broad SMARTS) is 1. The number of aromatic carboxylic acids is 1. The number of ether oxygens (including phenoxy) is 1. The van der Waals surface area contributed by atoms with Crippen molar-refractivity contribution >= 4 is 28.9 Å². The summed E-state index contributed by atoms with van der Waals surface area (Å²) in [5.74, 6) is 5.63. The Morgan fingerprint density at radius 3 is 2.39 bits per heavy atom. The van der Waals surface area contributed by atoms with Crippen LogP contribution in [-0.2, 0) is 9.53 Å². The highest BCUT2D eigenvalue weighted by Gasteiger charge is 2.33. The molecule has 5 nitrogen and oxygen atoms in total. The number of hydrogen-bond donors (Lipinski definition) is 1. The minimum absolute atomic E-state index is 0.0268. The van der Waals surface area contributed by atoms with Crippen LogP contribution in [0.4, 0.5) is 5.69 Å². The first-order chi connectivity index (χ1) is 13.1. The third-order valence-corrected chi connectivity index (χ3v) is 6.31. The third kappa shape index (κ3) is 5.36. The second-order valence-corrected chi connectivity index (χ2v) is 9.41. The zero-order valence-electron chi connectivity index (χ0n) is 17.7. The molecule has 0 bridgehead atoms. The Morgan fingerprint density at radius 1 is 1.29 bits per heavy atom. The molecular formula is C22H31NO4S. The number of thiophene rings is 1. The van der Waals surface area contributed by atoms with E-state index in [1.807, 2.05) is 27.7 Å². The van der Waals surface area contributed by atoms with E-state index in [1.54, 1.807) is 18.1 Å². The van der Waals surface area contributed by atoms with Crippen molar-refractivity contribution in [3.05, 3.63) is 15.8 Å². The van der Waals surface area contributed by atoms with Gasteiger partial charge in [0.15, 0.2) is 0 Å². The SMILES string of the molecule is COC(C)(C)C#Cc1cc(N(C(=O)[C@H]2CC[C@H](C)CC2)C(C)C)c(C(=O)O)s1. The third-order valence-electron chi connectivity index (χ3n) is 5.28. The average molecular weight is 406 g/mol. The second kappa shape index (κ2) is 9.11. The molecule has 1 aliphatic carbocycles. The first-order valence-electron chi connectivity index (χ1n) is 9.84. The fraction of sp³-hybridized carbons (Fsp3) is 0.636. The van der Waals surface area contributed by atoms with Crippen molar-refractivity contribution in [3.8, 4) is 11.8 Å². The smallest absolute Gasteiger partial charge is 0.348 e. The maximum Gasteiger partial charge on any atom is 0.348 e. The number of amides is 1. The van der Waals surface area contributed by atoms with Crippen LogP contribution in [0.3, 0.4) is 0 Å². The van der Waals surface area contributed by atoms with Crippen molar-refractivity contribution in [2.45, 2.75) is 71.9 Å². The van der Waals surface area contributed by atoms with Crippen LogP contribution in [0.1, 0.15) is 74.9 Å². The molecule has 0 unspecified atom stereocenters. The summed E-state index contributed by atoms with van der Waals surface area (Å²) in [5.41, 5.74) is -0.171. The average Bonchev–Trinajstić information content (AvgIpc) is 3.04. The molecule has 0 spiro atoms. The highest BCUT2D eigenvalue weighted by molar-refractivity contribution is 7.15. The van der Waals surface area contributed by atoms with Gasteiger partial charge in [0.05, 0.1) is 10.6 Å². The number of carbonyl (C=O) groups is 2. The molecule has 0 saturated heterocycles. The maximum atomic E-state index is 13.3. The topological polar surface area (TPSA) is 66.8 Å². The van der Waals surface area contributed by atoms with Gasteiger partial charge in [-0.15, -0.1) is 11.3 Å². The van der Waals surface area contributed by atoms with E-state index < -0.39 is 11.6 Å². The Bertz CT molecular complexity index is 776. The van der Waals surface area contributed by atoms with Gasteiger partial charge in [0.1, 0.15) is 10.5 Å². The van der Waals surface area contributed by atoms with Gasteiger partial charge in [-0.05, 0) is 65.4 Å². The predicted octanol–water partition coefficient (Wildman–Crippen LogP) is 4.79. The van der Waals surface area contributed by atoms with Gasteiger partial charge in [0.25, 0.3) is 0 Å². The first-order valence-corrected chi connectivity index (χ1v) is 10.7. The van der Waals surface area contributed by atoms with E-state index in [0.29, 0.717) is 16.5 Å². The van der Waals surface area contributed by atoms with Gasteiger partial charge in [-0.2, -0.15) is 0 Å². The molecule has 1 saturated carbocycles. The first kappa shape index (κ1) is 22.4. The minimum atomic E-state index is -1.03. The Morgan fingerprint density at radius 2 is 1.89 bits per heavy atom. The van der Waals surface area contributed by atoms with E-state index in [0.717, 1.165) is 37.0 Å². The quantitative estimate of drug-likeness (QED) is 0.715. The van der Waals surface area contributed by atoms with Crippen molar-refractivity contribution in [2.75, 3.05) is 12.0 Å². The van der Waals surface area contributed by atoms with Gasteiger partial charge in [0.2, 0.25) is 5.91 Å². The minimum Gasteiger partial charge on any atom is -0.477 e. The lowest BCUT2D eigenvalue weighted by atomic mass is 9.82. The Hall–Kier alpha value is -1.84. The molecule has 28 heavy (non-hydrogen) atoms. The second-order valence-electron chi connectivity index (χ2n) is 8.35. The molecule has 0 radical (unpaired) electrons. The van der Waals surface area contributed by atoms with Gasteiger partial charge in [-0.3, -0.25) is 4.79 Å². The van der Waals surface area contributed by atoms with E-state index >= 15 is 0 Å². The summed E-state index contributed by atoms with van der Waals surface area (Å²) >= 11 is 1.11. The molecule has 1 aromatic heterocycles. The maximum absolute atomic E-state index is 13.3. The van der Waals surface area contributed by atoms with Gasteiger partial charge >= 0.3 is 5.97 Å². The van der Waals surface area contributed by atoms with Crippen molar-refractivity contribution in [1.82, 2.24) is 0 Å². The summed E-state index contributed by atoms with van der Waals surface area (Å²) in [4.78, 5) is 27.6. The van der Waals surface area contributed by atoms with Crippen LogP contribution in [-0.4, -0.2) is 35.7 Å². The molecule has 1 fully saturated rings. The molecule has 154 valence electrons. The number of nitrogens with zero attached hydrogens (tertiary/aromatic N) is 1. The lowest BCUT2D eigenvalue weighted by molar-refractivity contribution is -0.123. The largest absolute Gasteiger partial charge is 0.477 e. The molecule has 1 heterocycles. The number of methoxy groups -OCH3 is 1. The van der Waals surface area contributed by atoms with Crippen LogP contribution in [0.25, 0.3) is 0 Å². The van der Waals surface area contributed by atoms with Crippen LogP contribution < -0.4 is 4.90 Å². The van der Waals surface area contributed by atoms with Gasteiger partial charge in [0, 0.05) is 19.1 Å². The molecule has 0 aromatic carbocycles. The Balaban J connectivity index is 2.40. The normalized spacial score (nSPS) is 19.8. The number of carbonyl (C=O) groups excluding carboxylic acids is 1. The number of anilines is 1. The van der Waals surface area contributed by atoms with Gasteiger partial charge in [-0.1, -0.05) is 18.8 Å². The zero-order chi connectivity index (χ0) is 21.1. The number of carboxylic acids is 1. The standard InChI is InChI=1S/C22H31NO4S/c1-14(2)23(20(24)16-9-7-15(3)8-10-16)18-13-17(28-19(18)21(25)26)11-12-22(4,5)27-6/h13-16H,7-10H2,1-6H3,(H,25,26)/t15-,16-. The Kier molecular flexibility index (Phi) is 7.30. The summed E-state index contributed by atoms with van der Waals surface area (Å²) in [5, 5.41) is 9.71. The van der Waals surface area contributed by atoms with Crippen molar-refractivity contribution in [2.24, 2.45) is 11.8 Å². The van der Waals surface area contributed by atoms with E-state index in [4.69, 9.17) is 4.74 Å². The van der Waals surface area contributed by atoms with Crippen molar-refractivity contribution in [3.63, 3.8) is 0 Å². The van der Waals surface area contributed by atoms with Crippen LogP contribution in [0.2, 0.25) is 0 Å². The fourth-order valence-corrected chi connectivity index (χ4v) is 4.24. The lowest BCUT2D eigenvalue weighted by Crippen LogP contribution is -2.42. The van der Waals surface area contributed by atoms with E-state index in [1.165, 1.54) is 0 Å².